The Morgan fingerprint density at radius 3 is 2.88 bits per heavy atom. The zero-order chi connectivity index (χ0) is 11.0. The molecule has 0 saturated heterocycles. The van der Waals surface area contributed by atoms with E-state index in [1.807, 2.05) is 10.8 Å². The molecule has 2 heterocycles. The maximum absolute atomic E-state index is 6.04. The molecule has 0 spiro atoms. The molecule has 17 heavy (non-hydrogen) atoms. The minimum Gasteiger partial charge on any atom is -0.351 e. The van der Waals surface area contributed by atoms with Crippen molar-refractivity contribution in [1.82, 2.24) is 5.32 Å². The zero-order valence-corrected chi connectivity index (χ0v) is 10.4. The van der Waals surface area contributed by atoms with Gasteiger partial charge in [-0.15, -0.1) is 11.3 Å². The third-order valence-electron chi connectivity index (χ3n) is 3.21. The van der Waals surface area contributed by atoms with Gasteiger partial charge in [0.2, 0.25) is 0 Å². The fraction of sp³-hybridized carbons (Fsp3) is 0.583. The van der Waals surface area contributed by atoms with Crippen molar-refractivity contribution in [2.75, 3.05) is 5.32 Å². The lowest BCUT2D eigenvalue weighted by Crippen LogP contribution is -2.38. The van der Waals surface area contributed by atoms with E-state index in [0.717, 1.165) is 16.7 Å². The third-order valence-corrected chi connectivity index (χ3v) is 4.40. The smallest absolute Gasteiger partial charge is 0.196 e. The summed E-state index contributed by atoms with van der Waals surface area (Å²) in [5.74, 6) is 0.886. The standard InChI is InChI=1S/C11H14ClN3S.CH4/c12-7-5-16-6-10(7)15-11-13-8-3-1-2-4-9(8)14-11;/h5-6,8-9H,1-4H2,(H2,13,14,15);1H4/t8-,9+;. The highest BCUT2D eigenvalue weighted by atomic mass is 35.5. The Kier molecular flexibility index (Phi) is 3.94. The van der Waals surface area contributed by atoms with Gasteiger partial charge in [-0.25, -0.2) is 4.99 Å². The van der Waals surface area contributed by atoms with E-state index in [2.05, 4.69) is 15.6 Å². The molecule has 0 unspecified atom stereocenters. The molecule has 1 saturated carbocycles. The second kappa shape index (κ2) is 5.27. The lowest BCUT2D eigenvalue weighted by Gasteiger charge is -2.23. The second-order valence-corrected chi connectivity index (χ2v) is 5.49. The first-order valence-electron chi connectivity index (χ1n) is 5.66. The molecular formula is C12H18ClN3S. The van der Waals surface area contributed by atoms with Crippen LogP contribution >= 0.6 is 22.9 Å². The number of rotatable bonds is 1. The van der Waals surface area contributed by atoms with Crippen molar-refractivity contribution in [3.05, 3.63) is 15.8 Å². The molecule has 0 amide bonds. The molecule has 3 rings (SSSR count). The van der Waals surface area contributed by atoms with Crippen LogP contribution in [0.3, 0.4) is 0 Å². The van der Waals surface area contributed by atoms with Crippen LogP contribution in [0, 0.1) is 0 Å². The number of fused-ring (bicyclic) bond motifs is 1. The van der Waals surface area contributed by atoms with Crippen molar-refractivity contribution in [3.8, 4) is 0 Å². The molecule has 94 valence electrons. The summed E-state index contributed by atoms with van der Waals surface area (Å²) in [4.78, 5) is 4.67. The van der Waals surface area contributed by atoms with Crippen LogP contribution in [0.1, 0.15) is 33.1 Å². The van der Waals surface area contributed by atoms with Gasteiger partial charge in [0.05, 0.1) is 22.8 Å². The van der Waals surface area contributed by atoms with E-state index in [-0.39, 0.29) is 7.43 Å². The van der Waals surface area contributed by atoms with Gasteiger partial charge in [-0.3, -0.25) is 0 Å². The molecular weight excluding hydrogens is 254 g/mol. The number of guanidine groups is 1. The summed E-state index contributed by atoms with van der Waals surface area (Å²) in [6.45, 7) is 0. The Balaban J connectivity index is 0.00000108. The summed E-state index contributed by atoms with van der Waals surface area (Å²) in [6, 6.07) is 1.00. The Morgan fingerprint density at radius 1 is 1.35 bits per heavy atom. The monoisotopic (exact) mass is 271 g/mol. The van der Waals surface area contributed by atoms with Crippen LogP contribution in [-0.4, -0.2) is 18.0 Å². The number of nitrogens with one attached hydrogen (secondary N) is 2. The van der Waals surface area contributed by atoms with E-state index in [4.69, 9.17) is 11.6 Å². The highest BCUT2D eigenvalue weighted by Gasteiger charge is 2.30. The summed E-state index contributed by atoms with van der Waals surface area (Å²) in [5.41, 5.74) is 0.955. The van der Waals surface area contributed by atoms with Crippen LogP contribution in [-0.2, 0) is 0 Å². The van der Waals surface area contributed by atoms with Gasteiger partial charge in [0.1, 0.15) is 0 Å². The number of hydrogen-bond acceptors (Lipinski definition) is 4. The van der Waals surface area contributed by atoms with E-state index < -0.39 is 0 Å². The topological polar surface area (TPSA) is 36.4 Å². The summed E-state index contributed by atoms with van der Waals surface area (Å²) in [7, 11) is 0. The number of halogens is 1. The predicted octanol–water partition coefficient (Wildman–Crippen LogP) is 3.72. The molecule has 3 nitrogen and oxygen atoms in total. The fourth-order valence-electron chi connectivity index (χ4n) is 2.38. The second-order valence-electron chi connectivity index (χ2n) is 4.34. The highest BCUT2D eigenvalue weighted by molar-refractivity contribution is 7.09. The first kappa shape index (κ1) is 12.7. The lowest BCUT2D eigenvalue weighted by atomic mass is 9.92. The van der Waals surface area contributed by atoms with E-state index in [1.165, 1.54) is 25.7 Å². The number of aliphatic imine (C=N–C) groups is 1. The summed E-state index contributed by atoms with van der Waals surface area (Å²) >= 11 is 7.63. The average Bonchev–Trinajstić information content (AvgIpc) is 2.85. The number of thiophene rings is 1. The predicted molar refractivity (Wildman–Crippen MR) is 76.3 cm³/mol. The quantitative estimate of drug-likeness (QED) is 0.817. The third kappa shape index (κ3) is 2.58. The van der Waals surface area contributed by atoms with Crippen molar-refractivity contribution < 1.29 is 0 Å². The summed E-state index contributed by atoms with van der Waals surface area (Å²) in [5, 5.41) is 11.4. The van der Waals surface area contributed by atoms with Crippen LogP contribution in [0.25, 0.3) is 0 Å². The molecule has 1 aliphatic heterocycles. The molecule has 2 N–H and O–H groups in total. The van der Waals surface area contributed by atoms with Crippen LogP contribution in [0.4, 0.5) is 5.69 Å². The molecule has 2 aliphatic rings. The van der Waals surface area contributed by atoms with Crippen LogP contribution in [0.5, 0.6) is 0 Å². The van der Waals surface area contributed by atoms with Crippen molar-refractivity contribution in [2.24, 2.45) is 4.99 Å². The molecule has 0 radical (unpaired) electrons. The van der Waals surface area contributed by atoms with E-state index in [0.29, 0.717) is 12.1 Å². The maximum Gasteiger partial charge on any atom is 0.196 e. The van der Waals surface area contributed by atoms with Gasteiger partial charge in [-0.05, 0) is 12.8 Å². The van der Waals surface area contributed by atoms with Crippen molar-refractivity contribution in [2.45, 2.75) is 45.2 Å². The van der Waals surface area contributed by atoms with Crippen molar-refractivity contribution >= 4 is 34.6 Å². The Bertz CT molecular complexity index is 416. The fourth-order valence-corrected chi connectivity index (χ4v) is 3.34. The molecule has 1 aliphatic carbocycles. The molecule has 5 heteroatoms. The van der Waals surface area contributed by atoms with Gasteiger partial charge >= 0.3 is 0 Å². The van der Waals surface area contributed by atoms with E-state index in [9.17, 15) is 0 Å². The number of nitrogens with zero attached hydrogens (tertiary/aromatic N) is 1. The molecule has 1 aromatic rings. The Morgan fingerprint density at radius 2 is 2.18 bits per heavy atom. The van der Waals surface area contributed by atoms with Gasteiger partial charge in [-0.1, -0.05) is 31.9 Å². The Labute approximate surface area is 111 Å². The van der Waals surface area contributed by atoms with E-state index in [1.54, 1.807) is 11.3 Å². The van der Waals surface area contributed by atoms with Gasteiger partial charge in [0.15, 0.2) is 5.96 Å². The number of hydrogen-bond donors (Lipinski definition) is 2. The minimum absolute atomic E-state index is 0. The van der Waals surface area contributed by atoms with Crippen molar-refractivity contribution in [3.63, 3.8) is 0 Å². The molecule has 0 bridgehead atoms. The zero-order valence-electron chi connectivity index (χ0n) is 8.87. The van der Waals surface area contributed by atoms with Crippen LogP contribution in [0.15, 0.2) is 15.8 Å². The maximum atomic E-state index is 6.04. The first-order valence-corrected chi connectivity index (χ1v) is 6.98. The minimum atomic E-state index is 0. The lowest BCUT2D eigenvalue weighted by molar-refractivity contribution is 0.384. The summed E-state index contributed by atoms with van der Waals surface area (Å²) in [6.07, 6.45) is 5.06. The molecule has 1 fully saturated rings. The van der Waals surface area contributed by atoms with Crippen LogP contribution < -0.4 is 10.6 Å². The van der Waals surface area contributed by atoms with Gasteiger partial charge < -0.3 is 10.6 Å². The van der Waals surface area contributed by atoms with Gasteiger partial charge in [0.25, 0.3) is 0 Å². The van der Waals surface area contributed by atoms with E-state index >= 15 is 0 Å². The van der Waals surface area contributed by atoms with Crippen molar-refractivity contribution in [1.29, 1.82) is 0 Å². The SMILES string of the molecule is C.Clc1cscc1NC1=N[C@@H]2CCCC[C@@H]2N1. The first-order chi connectivity index (χ1) is 7.83. The molecule has 0 aromatic carbocycles. The average molecular weight is 272 g/mol. The largest absolute Gasteiger partial charge is 0.351 e. The molecule has 1 aromatic heterocycles. The highest BCUT2D eigenvalue weighted by Crippen LogP contribution is 2.28. The summed E-state index contributed by atoms with van der Waals surface area (Å²) < 4.78 is 0. The van der Waals surface area contributed by atoms with Gasteiger partial charge in [0, 0.05) is 10.8 Å². The Hall–Kier alpha value is -0.740. The van der Waals surface area contributed by atoms with Gasteiger partial charge in [-0.2, -0.15) is 0 Å². The van der Waals surface area contributed by atoms with Crippen LogP contribution in [0.2, 0.25) is 5.02 Å². The normalized spacial score (nSPS) is 26.5. The molecule has 2 atom stereocenters. The number of anilines is 1.